The van der Waals surface area contributed by atoms with Crippen LogP contribution in [-0.2, 0) is 20.8 Å². The van der Waals surface area contributed by atoms with Crippen LogP contribution in [0.4, 0.5) is 0 Å². The van der Waals surface area contributed by atoms with E-state index in [4.69, 9.17) is 14.2 Å². The SMILES string of the molecule is Cc1ccc(COC2CCC3(CC2)OCCO3)cc1. The van der Waals surface area contributed by atoms with Gasteiger partial charge in [0.2, 0.25) is 0 Å². The summed E-state index contributed by atoms with van der Waals surface area (Å²) in [6.45, 7) is 4.30. The molecule has 3 heteroatoms. The van der Waals surface area contributed by atoms with Crippen LogP contribution in [0.25, 0.3) is 0 Å². The van der Waals surface area contributed by atoms with E-state index in [9.17, 15) is 0 Å². The van der Waals surface area contributed by atoms with Crippen LogP contribution in [0, 0.1) is 6.92 Å². The van der Waals surface area contributed by atoms with Crippen molar-refractivity contribution in [3.05, 3.63) is 35.4 Å². The van der Waals surface area contributed by atoms with E-state index in [0.29, 0.717) is 12.7 Å². The normalized spacial score (nSPS) is 23.0. The van der Waals surface area contributed by atoms with Gasteiger partial charge in [0.05, 0.1) is 25.9 Å². The average molecular weight is 262 g/mol. The minimum absolute atomic E-state index is 0.274. The van der Waals surface area contributed by atoms with Crippen molar-refractivity contribution < 1.29 is 14.2 Å². The standard InChI is InChI=1S/C16H22O3/c1-13-2-4-14(5-3-13)12-17-15-6-8-16(9-7-15)18-10-11-19-16/h2-5,15H,6-12H2,1H3. The topological polar surface area (TPSA) is 27.7 Å². The third kappa shape index (κ3) is 3.16. The molecule has 1 heterocycles. The zero-order valence-electron chi connectivity index (χ0n) is 11.6. The van der Waals surface area contributed by atoms with Crippen molar-refractivity contribution >= 4 is 0 Å². The number of benzene rings is 1. The average Bonchev–Trinajstić information content (AvgIpc) is 2.89. The number of ether oxygens (including phenoxy) is 3. The molecule has 3 nitrogen and oxygen atoms in total. The van der Waals surface area contributed by atoms with Gasteiger partial charge in [-0.15, -0.1) is 0 Å². The molecule has 0 N–H and O–H groups in total. The Labute approximate surface area is 114 Å². The van der Waals surface area contributed by atoms with E-state index in [1.54, 1.807) is 0 Å². The van der Waals surface area contributed by atoms with Gasteiger partial charge in [-0.1, -0.05) is 29.8 Å². The van der Waals surface area contributed by atoms with E-state index < -0.39 is 0 Å². The van der Waals surface area contributed by atoms with Crippen molar-refractivity contribution in [2.45, 2.75) is 51.1 Å². The molecule has 0 aromatic heterocycles. The lowest BCUT2D eigenvalue weighted by atomic mass is 9.92. The highest BCUT2D eigenvalue weighted by atomic mass is 16.7. The highest BCUT2D eigenvalue weighted by molar-refractivity contribution is 5.20. The first-order valence-electron chi connectivity index (χ1n) is 7.21. The molecular weight excluding hydrogens is 240 g/mol. The van der Waals surface area contributed by atoms with Crippen LogP contribution in [0.3, 0.4) is 0 Å². The van der Waals surface area contributed by atoms with Crippen LogP contribution < -0.4 is 0 Å². The molecule has 1 saturated carbocycles. The van der Waals surface area contributed by atoms with Crippen LogP contribution in [-0.4, -0.2) is 25.1 Å². The van der Waals surface area contributed by atoms with Gasteiger partial charge >= 0.3 is 0 Å². The monoisotopic (exact) mass is 262 g/mol. The van der Waals surface area contributed by atoms with Crippen LogP contribution in [0.5, 0.6) is 0 Å². The smallest absolute Gasteiger partial charge is 0.168 e. The fourth-order valence-corrected chi connectivity index (χ4v) is 2.88. The number of hydrogen-bond donors (Lipinski definition) is 0. The van der Waals surface area contributed by atoms with Gasteiger partial charge in [-0.05, 0) is 25.3 Å². The van der Waals surface area contributed by atoms with E-state index in [0.717, 1.165) is 38.9 Å². The minimum atomic E-state index is -0.274. The quantitative estimate of drug-likeness (QED) is 0.837. The predicted molar refractivity (Wildman–Crippen MR) is 72.9 cm³/mol. The molecule has 104 valence electrons. The Hall–Kier alpha value is -0.900. The summed E-state index contributed by atoms with van der Waals surface area (Å²) in [4.78, 5) is 0. The van der Waals surface area contributed by atoms with Crippen LogP contribution >= 0.6 is 0 Å². The summed E-state index contributed by atoms with van der Waals surface area (Å²) in [5, 5.41) is 0. The van der Waals surface area contributed by atoms with Gasteiger partial charge in [0, 0.05) is 12.8 Å². The van der Waals surface area contributed by atoms with E-state index in [-0.39, 0.29) is 5.79 Å². The fraction of sp³-hybridized carbons (Fsp3) is 0.625. The van der Waals surface area contributed by atoms with E-state index in [2.05, 4.69) is 31.2 Å². The molecule has 1 aliphatic carbocycles. The number of hydrogen-bond acceptors (Lipinski definition) is 3. The van der Waals surface area contributed by atoms with Crippen LogP contribution in [0.15, 0.2) is 24.3 Å². The van der Waals surface area contributed by atoms with Crippen molar-refractivity contribution in [1.29, 1.82) is 0 Å². The lowest BCUT2D eigenvalue weighted by Gasteiger charge is -2.35. The molecule has 0 radical (unpaired) electrons. The summed E-state index contributed by atoms with van der Waals surface area (Å²) in [5.74, 6) is -0.274. The third-order valence-electron chi connectivity index (χ3n) is 4.11. The largest absolute Gasteiger partial charge is 0.374 e. The fourth-order valence-electron chi connectivity index (χ4n) is 2.88. The molecule has 0 bridgehead atoms. The highest BCUT2D eigenvalue weighted by Crippen LogP contribution is 2.36. The molecule has 2 fully saturated rings. The maximum atomic E-state index is 6.00. The number of rotatable bonds is 3. The first-order valence-corrected chi connectivity index (χ1v) is 7.21. The zero-order valence-corrected chi connectivity index (χ0v) is 11.6. The second-order valence-electron chi connectivity index (χ2n) is 5.60. The summed E-state index contributed by atoms with van der Waals surface area (Å²) in [6, 6.07) is 8.55. The Bertz CT molecular complexity index is 397. The van der Waals surface area contributed by atoms with E-state index in [1.165, 1.54) is 11.1 Å². The van der Waals surface area contributed by atoms with Crippen molar-refractivity contribution in [1.82, 2.24) is 0 Å². The summed E-state index contributed by atoms with van der Waals surface area (Å²) >= 11 is 0. The van der Waals surface area contributed by atoms with Crippen LogP contribution in [0.1, 0.15) is 36.8 Å². The summed E-state index contributed by atoms with van der Waals surface area (Å²) < 4.78 is 17.5. The first kappa shape index (κ1) is 13.1. The molecule has 1 saturated heterocycles. The van der Waals surface area contributed by atoms with Crippen LogP contribution in [0.2, 0.25) is 0 Å². The molecule has 1 aromatic rings. The summed E-state index contributed by atoms with van der Waals surface area (Å²) in [5.41, 5.74) is 2.54. The molecule has 0 unspecified atom stereocenters. The first-order chi connectivity index (χ1) is 9.26. The Morgan fingerprint density at radius 1 is 1.11 bits per heavy atom. The molecule has 1 aromatic carbocycles. The van der Waals surface area contributed by atoms with Crippen molar-refractivity contribution in [3.8, 4) is 0 Å². The molecule has 2 aliphatic rings. The van der Waals surface area contributed by atoms with Gasteiger partial charge in [0.1, 0.15) is 0 Å². The number of aryl methyl sites for hydroxylation is 1. The second-order valence-corrected chi connectivity index (χ2v) is 5.60. The molecule has 0 atom stereocenters. The van der Waals surface area contributed by atoms with Gasteiger partial charge in [0.25, 0.3) is 0 Å². The Balaban J connectivity index is 1.46. The van der Waals surface area contributed by atoms with Gasteiger partial charge in [-0.3, -0.25) is 0 Å². The molecule has 0 amide bonds. The highest BCUT2D eigenvalue weighted by Gasteiger charge is 2.40. The Morgan fingerprint density at radius 3 is 2.37 bits per heavy atom. The van der Waals surface area contributed by atoms with Gasteiger partial charge < -0.3 is 14.2 Å². The van der Waals surface area contributed by atoms with Crippen molar-refractivity contribution in [3.63, 3.8) is 0 Å². The second kappa shape index (κ2) is 5.61. The summed E-state index contributed by atoms with van der Waals surface area (Å²) in [7, 11) is 0. The molecule has 1 spiro atoms. The van der Waals surface area contributed by atoms with Gasteiger partial charge in [-0.2, -0.15) is 0 Å². The Kier molecular flexibility index (Phi) is 3.87. The summed E-state index contributed by atoms with van der Waals surface area (Å²) in [6.07, 6.45) is 4.34. The molecule has 19 heavy (non-hydrogen) atoms. The van der Waals surface area contributed by atoms with E-state index in [1.807, 2.05) is 0 Å². The third-order valence-corrected chi connectivity index (χ3v) is 4.11. The maximum Gasteiger partial charge on any atom is 0.168 e. The van der Waals surface area contributed by atoms with Crippen molar-refractivity contribution in [2.75, 3.05) is 13.2 Å². The molecular formula is C16H22O3. The maximum absolute atomic E-state index is 6.00. The predicted octanol–water partition coefficient (Wildman–Crippen LogP) is 3.20. The molecule has 3 rings (SSSR count). The van der Waals surface area contributed by atoms with E-state index >= 15 is 0 Å². The van der Waals surface area contributed by atoms with Gasteiger partial charge in [0.15, 0.2) is 5.79 Å². The molecule has 1 aliphatic heterocycles. The van der Waals surface area contributed by atoms with Gasteiger partial charge in [-0.25, -0.2) is 0 Å². The zero-order chi connectivity index (χ0) is 13.1. The van der Waals surface area contributed by atoms with Crippen molar-refractivity contribution in [2.24, 2.45) is 0 Å². The minimum Gasteiger partial charge on any atom is -0.374 e. The Morgan fingerprint density at radius 2 is 1.74 bits per heavy atom. The lowest BCUT2D eigenvalue weighted by molar-refractivity contribution is -0.192. The lowest BCUT2D eigenvalue weighted by Crippen LogP contribution is -2.37.